The van der Waals surface area contributed by atoms with Gasteiger partial charge >= 0.3 is 5.97 Å². The van der Waals surface area contributed by atoms with Crippen molar-refractivity contribution in [3.63, 3.8) is 0 Å². The van der Waals surface area contributed by atoms with Gasteiger partial charge in [-0.15, -0.1) is 0 Å². The van der Waals surface area contributed by atoms with E-state index >= 15 is 0 Å². The Morgan fingerprint density at radius 1 is 1.10 bits per heavy atom. The number of hydrogen-bond acceptors (Lipinski definition) is 1. The summed E-state index contributed by atoms with van der Waals surface area (Å²) >= 11 is 6.05. The van der Waals surface area contributed by atoms with Gasteiger partial charge < -0.3 is 5.11 Å². The lowest BCUT2D eigenvalue weighted by Crippen LogP contribution is -2.11. The third kappa shape index (κ3) is 3.63. The number of carboxylic acids is 1. The Kier molecular flexibility index (Phi) is 4.81. The highest BCUT2D eigenvalue weighted by Crippen LogP contribution is 2.26. The minimum absolute atomic E-state index is 0.230. The van der Waals surface area contributed by atoms with Crippen molar-refractivity contribution in [2.24, 2.45) is 0 Å². The number of aliphatic carboxylic acids is 1. The van der Waals surface area contributed by atoms with Gasteiger partial charge in [0.1, 0.15) is 0 Å². The average molecular weight is 285 g/mol. The Bertz CT molecular complexity index is 653. The van der Waals surface area contributed by atoms with E-state index < -0.39 is 11.9 Å². The summed E-state index contributed by atoms with van der Waals surface area (Å²) in [5.41, 5.74) is 1.47. The highest BCUT2D eigenvalue weighted by Gasteiger charge is 2.20. The molecule has 0 radical (unpaired) electrons. The van der Waals surface area contributed by atoms with E-state index in [2.05, 4.69) is 11.8 Å². The van der Waals surface area contributed by atoms with Gasteiger partial charge in [-0.1, -0.05) is 59.8 Å². The van der Waals surface area contributed by atoms with Crippen molar-refractivity contribution >= 4 is 17.6 Å². The molecule has 0 fully saturated rings. The lowest BCUT2D eigenvalue weighted by atomic mass is 9.96. The number of carboxylic acid groups (broad SMARTS) is 1. The number of carbonyl (C=O) groups is 1. The first-order chi connectivity index (χ1) is 9.68. The molecule has 2 rings (SSSR count). The van der Waals surface area contributed by atoms with Crippen molar-refractivity contribution in [2.45, 2.75) is 12.3 Å². The maximum absolute atomic E-state index is 11.4. The first-order valence-electron chi connectivity index (χ1n) is 6.19. The molecule has 1 atom stereocenters. The summed E-state index contributed by atoms with van der Waals surface area (Å²) in [6.07, 6.45) is 0.230. The zero-order valence-electron chi connectivity index (χ0n) is 10.7. The van der Waals surface area contributed by atoms with Crippen molar-refractivity contribution in [3.8, 4) is 11.8 Å². The molecule has 0 spiro atoms. The third-order valence-electron chi connectivity index (χ3n) is 2.89. The van der Waals surface area contributed by atoms with Gasteiger partial charge in [0.15, 0.2) is 0 Å². The van der Waals surface area contributed by atoms with Crippen LogP contribution in [0.2, 0.25) is 5.02 Å². The van der Waals surface area contributed by atoms with Crippen LogP contribution in [-0.2, 0) is 4.79 Å². The lowest BCUT2D eigenvalue weighted by Gasteiger charge is -2.10. The van der Waals surface area contributed by atoms with E-state index in [1.807, 2.05) is 30.3 Å². The largest absolute Gasteiger partial charge is 0.481 e. The molecule has 0 aliphatic rings. The Hall–Kier alpha value is -2.24. The van der Waals surface area contributed by atoms with Gasteiger partial charge in [-0.2, -0.15) is 0 Å². The van der Waals surface area contributed by atoms with Crippen LogP contribution in [0.15, 0.2) is 54.6 Å². The first kappa shape index (κ1) is 14.2. The molecule has 100 valence electrons. The zero-order valence-corrected chi connectivity index (χ0v) is 11.5. The van der Waals surface area contributed by atoms with E-state index in [1.165, 1.54) is 0 Å². The van der Waals surface area contributed by atoms with Crippen LogP contribution in [0.3, 0.4) is 0 Å². The number of benzene rings is 2. The van der Waals surface area contributed by atoms with Crippen LogP contribution < -0.4 is 0 Å². The predicted molar refractivity (Wildman–Crippen MR) is 79.8 cm³/mol. The zero-order chi connectivity index (χ0) is 14.4. The van der Waals surface area contributed by atoms with E-state index in [4.69, 9.17) is 11.6 Å². The van der Waals surface area contributed by atoms with Crippen molar-refractivity contribution < 1.29 is 9.90 Å². The van der Waals surface area contributed by atoms with Gasteiger partial charge in [0.25, 0.3) is 0 Å². The molecule has 0 aromatic heterocycles. The molecule has 0 saturated heterocycles. The van der Waals surface area contributed by atoms with Crippen LogP contribution in [0.1, 0.15) is 23.5 Å². The lowest BCUT2D eigenvalue weighted by molar-refractivity contribution is -0.138. The SMILES string of the molecule is O=C(O)C(CC#Cc1ccccc1)c1ccccc1Cl. The van der Waals surface area contributed by atoms with Crippen LogP contribution in [0.25, 0.3) is 0 Å². The molecule has 3 heteroatoms. The summed E-state index contributed by atoms with van der Waals surface area (Å²) in [5, 5.41) is 9.78. The van der Waals surface area contributed by atoms with Crippen LogP contribution in [0.4, 0.5) is 0 Å². The molecular formula is C17H13ClO2. The molecule has 2 aromatic carbocycles. The molecule has 0 saturated carbocycles. The van der Waals surface area contributed by atoms with Gasteiger partial charge in [-0.25, -0.2) is 0 Å². The molecule has 2 nitrogen and oxygen atoms in total. The molecule has 0 heterocycles. The fraction of sp³-hybridized carbons (Fsp3) is 0.118. The van der Waals surface area contributed by atoms with E-state index in [-0.39, 0.29) is 6.42 Å². The monoisotopic (exact) mass is 284 g/mol. The summed E-state index contributed by atoms with van der Waals surface area (Å²) in [6.45, 7) is 0. The average Bonchev–Trinajstić information content (AvgIpc) is 2.45. The summed E-state index contributed by atoms with van der Waals surface area (Å²) < 4.78 is 0. The Balaban J connectivity index is 2.18. The van der Waals surface area contributed by atoms with Crippen LogP contribution >= 0.6 is 11.6 Å². The summed E-state index contributed by atoms with van der Waals surface area (Å²) in [6, 6.07) is 16.5. The van der Waals surface area contributed by atoms with Crippen molar-refractivity contribution in [1.82, 2.24) is 0 Å². The molecule has 0 amide bonds. The molecule has 2 aromatic rings. The fourth-order valence-electron chi connectivity index (χ4n) is 1.86. The summed E-state index contributed by atoms with van der Waals surface area (Å²) in [7, 11) is 0. The highest BCUT2D eigenvalue weighted by molar-refractivity contribution is 6.31. The molecule has 20 heavy (non-hydrogen) atoms. The van der Waals surface area contributed by atoms with Gasteiger partial charge in [0.2, 0.25) is 0 Å². The number of halogens is 1. The van der Waals surface area contributed by atoms with Crippen LogP contribution in [0, 0.1) is 11.8 Å². The topological polar surface area (TPSA) is 37.3 Å². The van der Waals surface area contributed by atoms with E-state index in [0.29, 0.717) is 10.6 Å². The van der Waals surface area contributed by atoms with Crippen molar-refractivity contribution in [2.75, 3.05) is 0 Å². The summed E-state index contributed by atoms with van der Waals surface area (Å²) in [5.74, 6) is 4.26. The molecule has 0 aliphatic heterocycles. The number of rotatable bonds is 3. The molecule has 0 aliphatic carbocycles. The Labute approximate surface area is 123 Å². The smallest absolute Gasteiger partial charge is 0.312 e. The Morgan fingerprint density at radius 3 is 2.40 bits per heavy atom. The molecule has 1 N–H and O–H groups in total. The maximum Gasteiger partial charge on any atom is 0.312 e. The van der Waals surface area contributed by atoms with Crippen molar-refractivity contribution in [1.29, 1.82) is 0 Å². The van der Waals surface area contributed by atoms with Gasteiger partial charge in [-0.3, -0.25) is 4.79 Å². The minimum atomic E-state index is -0.916. The molecule has 1 unspecified atom stereocenters. The second-order valence-corrected chi connectivity index (χ2v) is 4.69. The third-order valence-corrected chi connectivity index (χ3v) is 3.24. The van der Waals surface area contributed by atoms with Crippen LogP contribution in [0.5, 0.6) is 0 Å². The van der Waals surface area contributed by atoms with E-state index in [0.717, 1.165) is 5.56 Å². The molecular weight excluding hydrogens is 272 g/mol. The second-order valence-electron chi connectivity index (χ2n) is 4.28. The van der Waals surface area contributed by atoms with Crippen LogP contribution in [-0.4, -0.2) is 11.1 Å². The van der Waals surface area contributed by atoms with Crippen molar-refractivity contribution in [3.05, 3.63) is 70.7 Å². The Morgan fingerprint density at radius 2 is 1.75 bits per heavy atom. The molecule has 0 bridgehead atoms. The van der Waals surface area contributed by atoms with E-state index in [1.54, 1.807) is 24.3 Å². The minimum Gasteiger partial charge on any atom is -0.481 e. The van der Waals surface area contributed by atoms with Gasteiger partial charge in [-0.05, 0) is 23.8 Å². The second kappa shape index (κ2) is 6.79. The highest BCUT2D eigenvalue weighted by atomic mass is 35.5. The normalized spacial score (nSPS) is 11.2. The van der Waals surface area contributed by atoms with Gasteiger partial charge in [0.05, 0.1) is 5.92 Å². The standard InChI is InChI=1S/C17H13ClO2/c18-16-12-5-4-10-14(16)15(17(19)20)11-6-9-13-7-2-1-3-8-13/h1-5,7-8,10,12,15H,11H2,(H,19,20). The quantitative estimate of drug-likeness (QED) is 0.867. The summed E-state index contributed by atoms with van der Waals surface area (Å²) in [4.78, 5) is 11.4. The maximum atomic E-state index is 11.4. The van der Waals surface area contributed by atoms with Gasteiger partial charge in [0, 0.05) is 17.0 Å². The fourth-order valence-corrected chi connectivity index (χ4v) is 2.13. The first-order valence-corrected chi connectivity index (χ1v) is 6.57. The van der Waals surface area contributed by atoms with E-state index in [9.17, 15) is 9.90 Å². The number of hydrogen-bond donors (Lipinski definition) is 1. The predicted octanol–water partition coefficient (Wildman–Crippen LogP) is 3.95.